The lowest BCUT2D eigenvalue weighted by molar-refractivity contribution is -0.852. The Kier molecular flexibility index (Phi) is 1.81. The van der Waals surface area contributed by atoms with E-state index < -0.39 is 31.2 Å². The van der Waals surface area contributed by atoms with Gasteiger partial charge in [-0.25, -0.2) is 16.0 Å². The van der Waals surface area contributed by atoms with Gasteiger partial charge in [0, 0.05) is 4.68 Å². The molecular formula is C2H2N6O6. The molecule has 14 heavy (non-hydrogen) atoms. The second kappa shape index (κ2) is 2.68. The fraction of sp³-hybridized carbons (Fsp3) is 0. The lowest BCUT2D eigenvalue weighted by Gasteiger charge is -1.86. The number of rotatable bonds is 2. The number of nitrogens with two attached hydrogens (primary N) is 1. The molecule has 1 aromatic heterocycles. The first kappa shape index (κ1) is 9.43. The van der Waals surface area contributed by atoms with E-state index in [9.17, 15) is 30.2 Å². The molecule has 12 nitrogen and oxygen atoms in total. The van der Waals surface area contributed by atoms with E-state index in [-0.39, 0.29) is 4.68 Å². The SMILES string of the molecule is Nn1c([N+](=O)[O-])[n+]([O-])n([N+](=O)[O-])c1=O. The van der Waals surface area contributed by atoms with E-state index in [1.807, 2.05) is 0 Å². The van der Waals surface area contributed by atoms with E-state index in [4.69, 9.17) is 5.84 Å². The Bertz CT molecular complexity index is 467. The van der Waals surface area contributed by atoms with Crippen molar-refractivity contribution in [3.63, 3.8) is 0 Å². The number of aromatic nitrogens is 3. The second-order valence-corrected chi connectivity index (χ2v) is 2.01. The Morgan fingerprint density at radius 3 is 2.07 bits per heavy atom. The average Bonchev–Trinajstić information content (AvgIpc) is 2.23. The Morgan fingerprint density at radius 2 is 1.86 bits per heavy atom. The van der Waals surface area contributed by atoms with Crippen molar-refractivity contribution in [2.24, 2.45) is 0 Å². The molecule has 0 amide bonds. The van der Waals surface area contributed by atoms with Crippen LogP contribution >= 0.6 is 0 Å². The molecule has 0 bridgehead atoms. The van der Waals surface area contributed by atoms with Gasteiger partial charge in [0.2, 0.25) is 5.03 Å². The van der Waals surface area contributed by atoms with Crippen molar-refractivity contribution < 1.29 is 14.8 Å². The van der Waals surface area contributed by atoms with Gasteiger partial charge in [0.05, 0.1) is 9.77 Å². The van der Waals surface area contributed by atoms with Crippen LogP contribution in [0.5, 0.6) is 0 Å². The monoisotopic (exact) mass is 206 g/mol. The zero-order chi connectivity index (χ0) is 11.0. The van der Waals surface area contributed by atoms with E-state index in [0.717, 1.165) is 0 Å². The minimum atomic E-state index is -1.61. The summed E-state index contributed by atoms with van der Waals surface area (Å²) in [5.74, 6) is 3.32. The van der Waals surface area contributed by atoms with E-state index in [0.29, 0.717) is 0 Å². The molecule has 12 heteroatoms. The van der Waals surface area contributed by atoms with E-state index >= 15 is 0 Å². The largest absolute Gasteiger partial charge is 0.705 e. The van der Waals surface area contributed by atoms with Crippen molar-refractivity contribution in [3.05, 3.63) is 35.9 Å². The first-order valence-corrected chi connectivity index (χ1v) is 2.89. The van der Waals surface area contributed by atoms with Crippen LogP contribution in [0.25, 0.3) is 0 Å². The van der Waals surface area contributed by atoms with Gasteiger partial charge >= 0.3 is 11.6 Å². The maximum atomic E-state index is 10.8. The summed E-state index contributed by atoms with van der Waals surface area (Å²) in [5, 5.41) is 29.6. The summed E-state index contributed by atoms with van der Waals surface area (Å²) in [6.07, 6.45) is 0. The van der Waals surface area contributed by atoms with Gasteiger partial charge < -0.3 is 15.3 Å². The topological polar surface area (TPSA) is 166 Å². The normalized spacial score (nSPS) is 10.0. The van der Waals surface area contributed by atoms with Gasteiger partial charge in [-0.05, 0) is 0 Å². The third-order valence-electron chi connectivity index (χ3n) is 1.25. The molecule has 0 saturated carbocycles. The molecule has 0 aliphatic rings. The Balaban J connectivity index is 3.66. The average molecular weight is 206 g/mol. The van der Waals surface area contributed by atoms with E-state index in [1.165, 1.54) is 0 Å². The molecule has 1 heterocycles. The Labute approximate surface area is 73.2 Å². The van der Waals surface area contributed by atoms with Crippen LogP contribution in [0.3, 0.4) is 0 Å². The van der Waals surface area contributed by atoms with Crippen molar-refractivity contribution in [3.8, 4) is 0 Å². The number of nitrogens with zero attached hydrogens (tertiary/aromatic N) is 5. The number of hydrogen-bond donors (Lipinski definition) is 1. The van der Waals surface area contributed by atoms with Crippen molar-refractivity contribution in [1.29, 1.82) is 0 Å². The van der Waals surface area contributed by atoms with Crippen LogP contribution in [0.15, 0.2) is 4.79 Å². The van der Waals surface area contributed by atoms with E-state index in [1.54, 1.807) is 0 Å². The van der Waals surface area contributed by atoms with Crippen LogP contribution in [0.1, 0.15) is 0 Å². The summed E-state index contributed by atoms with van der Waals surface area (Å²) in [6.45, 7) is 0. The number of hydrogen-bond acceptors (Lipinski definition) is 7. The van der Waals surface area contributed by atoms with Gasteiger partial charge in [0.25, 0.3) is 4.79 Å². The van der Waals surface area contributed by atoms with Gasteiger partial charge in [-0.2, -0.15) is 4.79 Å². The highest BCUT2D eigenvalue weighted by Gasteiger charge is 2.43. The van der Waals surface area contributed by atoms with Crippen LogP contribution in [-0.4, -0.2) is 19.4 Å². The molecule has 0 aromatic carbocycles. The second-order valence-electron chi connectivity index (χ2n) is 2.01. The maximum Gasteiger partial charge on any atom is 0.705 e. The molecule has 0 fully saturated rings. The van der Waals surface area contributed by atoms with Crippen LogP contribution in [-0.2, 0) is 0 Å². The lowest BCUT2D eigenvalue weighted by Crippen LogP contribution is -2.47. The summed E-state index contributed by atoms with van der Waals surface area (Å²) in [4.78, 5) is 28.3. The molecule has 76 valence electrons. The molecule has 0 atom stereocenters. The molecular weight excluding hydrogens is 204 g/mol. The molecule has 0 saturated heterocycles. The maximum absolute atomic E-state index is 10.8. The zero-order valence-corrected chi connectivity index (χ0v) is 6.26. The van der Waals surface area contributed by atoms with E-state index in [2.05, 4.69) is 0 Å². The first-order valence-electron chi connectivity index (χ1n) is 2.89. The van der Waals surface area contributed by atoms with Gasteiger partial charge in [-0.1, -0.05) is 0 Å². The fourth-order valence-electron chi connectivity index (χ4n) is 0.730. The summed E-state index contributed by atoms with van der Waals surface area (Å²) in [6, 6.07) is 0. The highest BCUT2D eigenvalue weighted by Crippen LogP contribution is 1.95. The Hall–Kier alpha value is -2.66. The molecule has 0 unspecified atom stereocenters. The standard InChI is InChI=1S/C2H2N6O6/c3-4-1(7(11)12)6(10)5(2(4)9)8(13)14/h3H2. The minimum absolute atomic E-state index is 0.226. The smallest absolute Gasteiger partial charge is 0.584 e. The predicted molar refractivity (Wildman–Crippen MR) is 36.8 cm³/mol. The molecule has 2 N–H and O–H groups in total. The van der Waals surface area contributed by atoms with Gasteiger partial charge in [-0.15, -0.1) is 0 Å². The number of nitrogen functional groups attached to an aromatic ring is 1. The van der Waals surface area contributed by atoms with Crippen molar-refractivity contribution >= 4 is 5.95 Å². The van der Waals surface area contributed by atoms with Crippen molar-refractivity contribution in [1.82, 2.24) is 9.47 Å². The van der Waals surface area contributed by atoms with Gasteiger partial charge in [0.1, 0.15) is 0 Å². The van der Waals surface area contributed by atoms with Crippen molar-refractivity contribution in [2.45, 2.75) is 0 Å². The molecule has 0 radical (unpaired) electrons. The van der Waals surface area contributed by atoms with Crippen LogP contribution in [0.2, 0.25) is 0 Å². The lowest BCUT2D eigenvalue weighted by atomic mass is 11.0. The first-order chi connectivity index (χ1) is 6.37. The number of nitro groups is 2. The van der Waals surface area contributed by atoms with Crippen LogP contribution in [0, 0.1) is 25.4 Å². The minimum Gasteiger partial charge on any atom is -0.584 e. The molecule has 0 spiro atoms. The summed E-state index contributed by atoms with van der Waals surface area (Å²) < 4.78 is -0.226. The molecule has 1 aromatic rings. The van der Waals surface area contributed by atoms with Gasteiger partial charge in [0.15, 0.2) is 0 Å². The van der Waals surface area contributed by atoms with Crippen molar-refractivity contribution in [2.75, 3.05) is 5.84 Å². The molecule has 1 rings (SSSR count). The Morgan fingerprint density at radius 1 is 1.36 bits per heavy atom. The molecule has 0 aliphatic heterocycles. The highest BCUT2D eigenvalue weighted by molar-refractivity contribution is 4.93. The van der Waals surface area contributed by atoms with Crippen LogP contribution < -0.4 is 16.4 Å². The third kappa shape index (κ3) is 1.01. The summed E-state index contributed by atoms with van der Waals surface area (Å²) >= 11 is 0. The highest BCUT2D eigenvalue weighted by atomic mass is 16.7. The predicted octanol–water partition coefficient (Wildman–Crippen LogP) is -3.05. The quantitative estimate of drug-likeness (QED) is 0.176. The molecule has 0 aliphatic carbocycles. The fourth-order valence-corrected chi connectivity index (χ4v) is 0.730. The van der Waals surface area contributed by atoms with Crippen LogP contribution in [0.4, 0.5) is 5.95 Å². The summed E-state index contributed by atoms with van der Waals surface area (Å²) in [7, 11) is 0. The third-order valence-corrected chi connectivity index (χ3v) is 1.25. The van der Waals surface area contributed by atoms with Gasteiger partial charge in [-0.3, -0.25) is 0 Å². The summed E-state index contributed by atoms with van der Waals surface area (Å²) in [5.41, 5.74) is -1.61. The zero-order valence-electron chi connectivity index (χ0n) is 6.26.